The number of nitrogens with two attached hydrogens (primary N) is 1. The third-order valence-electron chi connectivity index (χ3n) is 2.38. The summed E-state index contributed by atoms with van der Waals surface area (Å²) in [7, 11) is 0. The van der Waals surface area contributed by atoms with Crippen molar-refractivity contribution >= 4 is 39.3 Å². The largest absolute Gasteiger partial charge is 0.271 e. The predicted molar refractivity (Wildman–Crippen MR) is 81.3 cm³/mol. The Morgan fingerprint density at radius 2 is 2.11 bits per heavy atom. The third-order valence-corrected chi connectivity index (χ3v) is 5.11. The van der Waals surface area contributed by atoms with E-state index in [1.807, 2.05) is 0 Å². The Labute approximate surface area is 125 Å². The lowest BCUT2D eigenvalue weighted by Crippen LogP contribution is -2.30. The second-order valence-electron chi connectivity index (χ2n) is 4.42. The molecule has 0 aliphatic heterocycles. The number of hydrogen-bond acceptors (Lipinski definition) is 3. The van der Waals surface area contributed by atoms with Gasteiger partial charge in [-0.05, 0) is 33.7 Å². The Morgan fingerprint density at radius 1 is 1.44 bits per heavy atom. The summed E-state index contributed by atoms with van der Waals surface area (Å²) in [6.07, 6.45) is 0. The molecule has 0 fully saturated rings. The normalized spacial score (nSPS) is 13.1. The van der Waals surface area contributed by atoms with Crippen LogP contribution in [0.3, 0.4) is 0 Å². The summed E-state index contributed by atoms with van der Waals surface area (Å²) in [5.41, 5.74) is 3.15. The van der Waals surface area contributed by atoms with Crippen molar-refractivity contribution < 1.29 is 4.39 Å². The summed E-state index contributed by atoms with van der Waals surface area (Å²) >= 11 is 10.8. The molecule has 1 aromatic rings. The fraction of sp³-hybridized carbons (Fsp3) is 0.500. The molecule has 1 rings (SSSR count). The maximum atomic E-state index is 14.0. The molecule has 1 atom stereocenters. The van der Waals surface area contributed by atoms with Gasteiger partial charge in [0.2, 0.25) is 0 Å². The highest BCUT2D eigenvalue weighted by atomic mass is 79.9. The molecule has 0 amide bonds. The summed E-state index contributed by atoms with van der Waals surface area (Å²) in [6.45, 7) is 4.30. The minimum absolute atomic E-state index is 0.0987. The van der Waals surface area contributed by atoms with Gasteiger partial charge in [-0.2, -0.15) is 11.8 Å². The third kappa shape index (κ3) is 4.38. The van der Waals surface area contributed by atoms with Crippen molar-refractivity contribution in [2.24, 2.45) is 11.8 Å². The van der Waals surface area contributed by atoms with Gasteiger partial charge in [0.25, 0.3) is 0 Å². The van der Waals surface area contributed by atoms with Crippen molar-refractivity contribution in [2.45, 2.75) is 19.9 Å². The fourth-order valence-corrected chi connectivity index (χ4v) is 3.06. The van der Waals surface area contributed by atoms with Crippen LogP contribution in [-0.2, 0) is 0 Å². The number of thioether (sulfide) groups is 1. The van der Waals surface area contributed by atoms with E-state index < -0.39 is 5.82 Å². The number of hydrazine groups is 1. The molecular weight excluding hydrogens is 339 g/mol. The molecule has 0 heterocycles. The minimum Gasteiger partial charge on any atom is -0.271 e. The van der Waals surface area contributed by atoms with E-state index in [1.165, 1.54) is 0 Å². The summed E-state index contributed by atoms with van der Waals surface area (Å²) in [5.74, 6) is 7.41. The number of halogens is 3. The van der Waals surface area contributed by atoms with Crippen LogP contribution in [0.4, 0.5) is 4.39 Å². The number of hydrogen-bond donors (Lipinski definition) is 2. The number of benzene rings is 1. The van der Waals surface area contributed by atoms with Crippen molar-refractivity contribution in [3.63, 3.8) is 0 Å². The standard InChI is InChI=1S/C12H17BrClFN2S/c1-7(2)5-18-6-10(17-16)8-3-4-9(13)11(14)12(8)15/h3-4,7,10,17H,5-6,16H2,1-2H3. The van der Waals surface area contributed by atoms with E-state index in [2.05, 4.69) is 35.2 Å². The van der Waals surface area contributed by atoms with Crippen molar-refractivity contribution in [1.29, 1.82) is 0 Å². The molecule has 6 heteroatoms. The zero-order valence-corrected chi connectivity index (χ0v) is 13.5. The monoisotopic (exact) mass is 354 g/mol. The Balaban J connectivity index is 2.79. The maximum Gasteiger partial charge on any atom is 0.147 e. The van der Waals surface area contributed by atoms with Crippen LogP contribution in [0.25, 0.3) is 0 Å². The molecular formula is C12H17BrClFN2S. The van der Waals surface area contributed by atoms with Gasteiger partial charge in [-0.25, -0.2) is 4.39 Å². The van der Waals surface area contributed by atoms with Gasteiger partial charge in [-0.1, -0.05) is 31.5 Å². The summed E-state index contributed by atoms with van der Waals surface area (Å²) in [5, 5.41) is 0.0987. The Morgan fingerprint density at radius 3 is 2.67 bits per heavy atom. The van der Waals surface area contributed by atoms with Crippen molar-refractivity contribution in [3.05, 3.63) is 33.0 Å². The van der Waals surface area contributed by atoms with Crippen molar-refractivity contribution in [1.82, 2.24) is 5.43 Å². The lowest BCUT2D eigenvalue weighted by Gasteiger charge is -2.18. The van der Waals surface area contributed by atoms with Gasteiger partial charge in [0, 0.05) is 15.8 Å². The maximum absolute atomic E-state index is 14.0. The molecule has 1 unspecified atom stereocenters. The molecule has 0 saturated heterocycles. The highest BCUT2D eigenvalue weighted by Gasteiger charge is 2.18. The van der Waals surface area contributed by atoms with E-state index >= 15 is 0 Å². The fourth-order valence-electron chi connectivity index (χ4n) is 1.46. The van der Waals surface area contributed by atoms with Gasteiger partial charge >= 0.3 is 0 Å². The highest BCUT2D eigenvalue weighted by Crippen LogP contribution is 2.31. The average Bonchev–Trinajstić information content (AvgIpc) is 2.33. The van der Waals surface area contributed by atoms with E-state index in [0.29, 0.717) is 21.7 Å². The van der Waals surface area contributed by atoms with Gasteiger partial charge in [-0.3, -0.25) is 11.3 Å². The van der Waals surface area contributed by atoms with Crippen LogP contribution in [0.2, 0.25) is 5.02 Å². The molecule has 0 radical (unpaired) electrons. The molecule has 1 aromatic carbocycles. The van der Waals surface area contributed by atoms with Crippen LogP contribution in [0.15, 0.2) is 16.6 Å². The van der Waals surface area contributed by atoms with E-state index in [9.17, 15) is 4.39 Å². The van der Waals surface area contributed by atoms with Crippen LogP contribution in [0.5, 0.6) is 0 Å². The lowest BCUT2D eigenvalue weighted by atomic mass is 10.1. The first kappa shape index (κ1) is 16.2. The molecule has 0 aliphatic rings. The Hall–Kier alpha value is 0.190. The number of rotatable bonds is 6. The van der Waals surface area contributed by atoms with E-state index in [1.54, 1.807) is 23.9 Å². The van der Waals surface area contributed by atoms with E-state index in [4.69, 9.17) is 17.4 Å². The summed E-state index contributed by atoms with van der Waals surface area (Å²) < 4.78 is 14.6. The first-order valence-electron chi connectivity index (χ1n) is 5.64. The van der Waals surface area contributed by atoms with Crippen molar-refractivity contribution in [3.8, 4) is 0 Å². The Kier molecular flexibility index (Phi) is 6.95. The first-order valence-corrected chi connectivity index (χ1v) is 7.97. The average molecular weight is 356 g/mol. The molecule has 3 N–H and O–H groups in total. The van der Waals surface area contributed by atoms with Crippen LogP contribution in [-0.4, -0.2) is 11.5 Å². The van der Waals surface area contributed by atoms with Crippen LogP contribution in [0.1, 0.15) is 25.5 Å². The molecule has 18 heavy (non-hydrogen) atoms. The zero-order chi connectivity index (χ0) is 13.7. The summed E-state index contributed by atoms with van der Waals surface area (Å²) in [6, 6.07) is 3.20. The smallest absolute Gasteiger partial charge is 0.147 e. The van der Waals surface area contributed by atoms with Crippen molar-refractivity contribution in [2.75, 3.05) is 11.5 Å². The predicted octanol–water partition coefficient (Wildman–Crippen LogP) is 4.14. The van der Waals surface area contributed by atoms with Crippen LogP contribution >= 0.6 is 39.3 Å². The van der Waals surface area contributed by atoms with Crippen LogP contribution < -0.4 is 11.3 Å². The molecule has 0 aliphatic carbocycles. The Bertz CT molecular complexity index is 404. The second-order valence-corrected chi connectivity index (χ2v) is 6.72. The van der Waals surface area contributed by atoms with Gasteiger partial charge < -0.3 is 0 Å². The van der Waals surface area contributed by atoms with Gasteiger partial charge in [0.05, 0.1) is 11.1 Å². The van der Waals surface area contributed by atoms with Gasteiger partial charge in [-0.15, -0.1) is 0 Å². The highest BCUT2D eigenvalue weighted by molar-refractivity contribution is 9.10. The minimum atomic E-state index is -0.417. The molecule has 102 valence electrons. The van der Waals surface area contributed by atoms with Gasteiger partial charge in [0.15, 0.2) is 0 Å². The zero-order valence-electron chi connectivity index (χ0n) is 10.3. The van der Waals surface area contributed by atoms with E-state index in [0.717, 1.165) is 5.75 Å². The van der Waals surface area contributed by atoms with Crippen LogP contribution in [0, 0.1) is 11.7 Å². The van der Waals surface area contributed by atoms with E-state index in [-0.39, 0.29) is 11.1 Å². The lowest BCUT2D eigenvalue weighted by molar-refractivity contribution is 0.546. The molecule has 0 spiro atoms. The summed E-state index contributed by atoms with van der Waals surface area (Å²) in [4.78, 5) is 0. The second kappa shape index (κ2) is 7.70. The quantitative estimate of drug-likeness (QED) is 0.458. The molecule has 0 aromatic heterocycles. The topological polar surface area (TPSA) is 38.0 Å². The van der Waals surface area contributed by atoms with Gasteiger partial charge in [0.1, 0.15) is 5.82 Å². The first-order chi connectivity index (χ1) is 8.47. The molecule has 0 bridgehead atoms. The molecule has 2 nitrogen and oxygen atoms in total. The SMILES string of the molecule is CC(C)CSCC(NN)c1ccc(Br)c(Cl)c1F. The number of nitrogens with one attached hydrogen (secondary N) is 1. The molecule has 0 saturated carbocycles.